The van der Waals surface area contributed by atoms with Crippen LogP contribution in [0.4, 0.5) is 5.69 Å². The van der Waals surface area contributed by atoms with E-state index < -0.39 is 5.25 Å². The molecule has 3 aromatic rings. The van der Waals surface area contributed by atoms with Gasteiger partial charge < -0.3 is 15.1 Å². The van der Waals surface area contributed by atoms with Gasteiger partial charge in [0.25, 0.3) is 0 Å². The zero-order valence-electron chi connectivity index (χ0n) is 16.4. The van der Waals surface area contributed by atoms with E-state index in [9.17, 15) is 9.59 Å². The van der Waals surface area contributed by atoms with Gasteiger partial charge >= 0.3 is 0 Å². The maximum atomic E-state index is 12.2. The molecule has 2 amide bonds. The van der Waals surface area contributed by atoms with Crippen molar-refractivity contribution in [2.75, 3.05) is 5.32 Å². The van der Waals surface area contributed by atoms with Crippen LogP contribution >= 0.6 is 35.0 Å². The fraction of sp³-hybridized carbons (Fsp3) is 0.0909. The van der Waals surface area contributed by atoms with Crippen LogP contribution in [0.1, 0.15) is 12.2 Å². The number of nitrogens with one attached hydrogen (secondary N) is 2. The molecule has 1 aliphatic rings. The molecule has 1 unspecified atom stereocenters. The highest BCUT2D eigenvalue weighted by Gasteiger charge is 2.32. The fourth-order valence-electron chi connectivity index (χ4n) is 2.83. The zero-order valence-corrected chi connectivity index (χ0v) is 18.7. The van der Waals surface area contributed by atoms with E-state index in [0.29, 0.717) is 32.4 Å². The Morgan fingerprint density at radius 3 is 2.47 bits per heavy atom. The van der Waals surface area contributed by atoms with Crippen molar-refractivity contribution in [1.29, 1.82) is 0 Å². The van der Waals surface area contributed by atoms with E-state index in [4.69, 9.17) is 27.6 Å². The number of carbonyl (C=O) groups is 2. The number of rotatable bonds is 6. The summed E-state index contributed by atoms with van der Waals surface area (Å²) in [5, 5.41) is 14.3. The molecule has 0 saturated carbocycles. The predicted molar refractivity (Wildman–Crippen MR) is 128 cm³/mol. The first-order valence-corrected chi connectivity index (χ1v) is 11.1. The molecular formula is C22H16Cl2N4O3S. The van der Waals surface area contributed by atoms with Gasteiger partial charge in [0.15, 0.2) is 5.17 Å². The lowest BCUT2D eigenvalue weighted by Gasteiger charge is -2.07. The number of thioether (sulfide) groups is 1. The molecule has 1 aromatic heterocycles. The normalized spacial score (nSPS) is 17.1. The van der Waals surface area contributed by atoms with E-state index in [-0.39, 0.29) is 18.2 Å². The maximum Gasteiger partial charge on any atom is 0.240 e. The van der Waals surface area contributed by atoms with Crippen LogP contribution in [0.15, 0.2) is 75.3 Å². The topological polar surface area (TPSA) is 96.1 Å². The molecule has 0 radical (unpaired) electrons. The molecule has 0 spiro atoms. The second-order valence-electron chi connectivity index (χ2n) is 6.71. The molecule has 10 heteroatoms. The van der Waals surface area contributed by atoms with Gasteiger partial charge in [0.2, 0.25) is 11.8 Å². The first kappa shape index (κ1) is 22.1. The number of halogens is 2. The minimum absolute atomic E-state index is 0.00446. The van der Waals surface area contributed by atoms with Crippen LogP contribution in [0.25, 0.3) is 11.3 Å². The smallest absolute Gasteiger partial charge is 0.240 e. The number of furan rings is 1. The SMILES string of the molecule is O=C(CC1S/C(=N/N=Cc2ccc(-c3ccc(Cl)cc3)o2)NC1=O)Nc1ccc(Cl)cc1. The van der Waals surface area contributed by atoms with Crippen molar-refractivity contribution in [1.82, 2.24) is 5.32 Å². The van der Waals surface area contributed by atoms with Gasteiger partial charge in [-0.3, -0.25) is 9.59 Å². The van der Waals surface area contributed by atoms with Crippen molar-refractivity contribution in [3.05, 3.63) is 76.5 Å². The Morgan fingerprint density at radius 2 is 1.75 bits per heavy atom. The van der Waals surface area contributed by atoms with E-state index >= 15 is 0 Å². The second kappa shape index (κ2) is 10.0. The Kier molecular flexibility index (Phi) is 6.94. The van der Waals surface area contributed by atoms with Gasteiger partial charge in [0.05, 0.1) is 6.21 Å². The average molecular weight is 487 g/mol. The summed E-state index contributed by atoms with van der Waals surface area (Å²) in [4.78, 5) is 24.4. The van der Waals surface area contributed by atoms with Crippen LogP contribution in [-0.4, -0.2) is 28.4 Å². The first-order valence-electron chi connectivity index (χ1n) is 9.46. The number of carbonyl (C=O) groups excluding carboxylic acids is 2. The van der Waals surface area contributed by atoms with Crippen LogP contribution in [0, 0.1) is 0 Å². The molecule has 0 aliphatic carbocycles. The van der Waals surface area contributed by atoms with Crippen LogP contribution < -0.4 is 10.6 Å². The highest BCUT2D eigenvalue weighted by molar-refractivity contribution is 8.15. The molecule has 4 rings (SSSR count). The highest BCUT2D eigenvalue weighted by Crippen LogP contribution is 2.25. The molecule has 0 bridgehead atoms. The van der Waals surface area contributed by atoms with E-state index in [1.807, 2.05) is 18.2 Å². The van der Waals surface area contributed by atoms with Crippen LogP contribution in [0.5, 0.6) is 0 Å². The molecule has 1 saturated heterocycles. The van der Waals surface area contributed by atoms with Gasteiger partial charge in [0.1, 0.15) is 16.8 Å². The minimum Gasteiger partial charge on any atom is -0.455 e. The lowest BCUT2D eigenvalue weighted by Crippen LogP contribution is -2.28. The molecule has 2 heterocycles. The van der Waals surface area contributed by atoms with Gasteiger partial charge in [-0.1, -0.05) is 35.0 Å². The lowest BCUT2D eigenvalue weighted by atomic mass is 10.2. The van der Waals surface area contributed by atoms with Gasteiger partial charge in [-0.05, 0) is 60.7 Å². The highest BCUT2D eigenvalue weighted by atomic mass is 35.5. The van der Waals surface area contributed by atoms with E-state index in [1.54, 1.807) is 42.5 Å². The van der Waals surface area contributed by atoms with Gasteiger partial charge in [-0.25, -0.2) is 0 Å². The molecule has 2 aromatic carbocycles. The maximum absolute atomic E-state index is 12.2. The third kappa shape index (κ3) is 5.79. The number of amidine groups is 1. The van der Waals surface area contributed by atoms with Crippen LogP contribution in [0.3, 0.4) is 0 Å². The summed E-state index contributed by atoms with van der Waals surface area (Å²) in [6.45, 7) is 0. The number of hydrogen-bond donors (Lipinski definition) is 2. The Balaban J connectivity index is 1.32. The largest absolute Gasteiger partial charge is 0.455 e. The summed E-state index contributed by atoms with van der Waals surface area (Å²) < 4.78 is 5.72. The number of amides is 2. The second-order valence-corrected chi connectivity index (χ2v) is 8.78. The lowest BCUT2D eigenvalue weighted by molar-refractivity contribution is -0.122. The van der Waals surface area contributed by atoms with Crippen LogP contribution in [0.2, 0.25) is 10.0 Å². The van der Waals surface area contributed by atoms with Crippen molar-refractivity contribution in [2.24, 2.45) is 10.2 Å². The van der Waals surface area contributed by atoms with Crippen molar-refractivity contribution in [3.63, 3.8) is 0 Å². The van der Waals surface area contributed by atoms with Crippen molar-refractivity contribution in [3.8, 4) is 11.3 Å². The Morgan fingerprint density at radius 1 is 1.06 bits per heavy atom. The Labute approximate surface area is 197 Å². The summed E-state index contributed by atoms with van der Waals surface area (Å²) in [5.41, 5.74) is 1.50. The molecule has 1 aliphatic heterocycles. The number of anilines is 1. The summed E-state index contributed by atoms with van der Waals surface area (Å²) in [6, 6.07) is 17.6. The van der Waals surface area contributed by atoms with Crippen LogP contribution in [-0.2, 0) is 9.59 Å². The van der Waals surface area contributed by atoms with E-state index in [0.717, 1.165) is 17.3 Å². The molecule has 32 heavy (non-hydrogen) atoms. The number of benzene rings is 2. The third-order valence-electron chi connectivity index (χ3n) is 4.36. The minimum atomic E-state index is -0.587. The summed E-state index contributed by atoms with van der Waals surface area (Å²) in [6.07, 6.45) is 1.45. The number of nitrogens with zero attached hydrogens (tertiary/aromatic N) is 2. The van der Waals surface area contributed by atoms with Gasteiger partial charge in [0, 0.05) is 27.7 Å². The monoisotopic (exact) mass is 486 g/mol. The standard InChI is InChI=1S/C22H16Cl2N4O3S/c23-14-3-1-13(2-4-14)18-10-9-17(31-18)12-25-28-22-27-21(30)19(32-22)11-20(29)26-16-7-5-15(24)6-8-16/h1-10,12,19H,11H2,(H,26,29)(H,27,28,30). The predicted octanol–water partition coefficient (Wildman–Crippen LogP) is 5.20. The van der Waals surface area contributed by atoms with Gasteiger partial charge in [-0.15, -0.1) is 5.10 Å². The average Bonchev–Trinajstić information content (AvgIpc) is 3.37. The quantitative estimate of drug-likeness (QED) is 0.369. The fourth-order valence-corrected chi connectivity index (χ4v) is 4.01. The molecule has 1 fully saturated rings. The molecule has 7 nitrogen and oxygen atoms in total. The van der Waals surface area contributed by atoms with E-state index in [2.05, 4.69) is 20.8 Å². The number of hydrogen-bond acceptors (Lipinski definition) is 6. The molecule has 1 atom stereocenters. The van der Waals surface area contributed by atoms with Crippen molar-refractivity contribution < 1.29 is 14.0 Å². The zero-order chi connectivity index (χ0) is 22.5. The summed E-state index contributed by atoms with van der Waals surface area (Å²) in [5.74, 6) is 0.604. The molecule has 162 valence electrons. The Hall–Kier alpha value is -3.07. The van der Waals surface area contributed by atoms with Crippen molar-refractivity contribution in [2.45, 2.75) is 11.7 Å². The summed E-state index contributed by atoms with van der Waals surface area (Å²) in [7, 11) is 0. The first-order chi connectivity index (χ1) is 15.5. The summed E-state index contributed by atoms with van der Waals surface area (Å²) >= 11 is 12.9. The van der Waals surface area contributed by atoms with E-state index in [1.165, 1.54) is 6.21 Å². The van der Waals surface area contributed by atoms with Crippen molar-refractivity contribution >= 4 is 63.8 Å². The van der Waals surface area contributed by atoms with Gasteiger partial charge in [-0.2, -0.15) is 5.10 Å². The Bertz CT molecular complexity index is 1190. The molecule has 2 N–H and O–H groups in total. The third-order valence-corrected chi connectivity index (χ3v) is 5.94. The molecular weight excluding hydrogens is 471 g/mol.